The highest BCUT2D eigenvalue weighted by Crippen LogP contribution is 2.34. The number of aromatic nitrogens is 4. The molecule has 1 aliphatic rings. The summed E-state index contributed by atoms with van der Waals surface area (Å²) in [7, 11) is 0. The van der Waals surface area contributed by atoms with Crippen LogP contribution in [0.1, 0.15) is 62.9 Å². The first-order valence-corrected chi connectivity index (χ1v) is 9.99. The zero-order valence-electron chi connectivity index (χ0n) is 16.6. The number of carbonyl (C=O) groups is 1. The highest BCUT2D eigenvalue weighted by atomic mass is 16.5. The van der Waals surface area contributed by atoms with Crippen molar-refractivity contribution < 1.29 is 14.8 Å². The largest absolute Gasteiger partial charge is 0.462 e. The van der Waals surface area contributed by atoms with Gasteiger partial charge in [0.15, 0.2) is 12.1 Å². The van der Waals surface area contributed by atoms with E-state index in [4.69, 9.17) is 4.74 Å². The Balaban J connectivity index is 2.01. The molecule has 1 aromatic heterocycles. The van der Waals surface area contributed by atoms with Crippen molar-refractivity contribution in [3.8, 4) is 5.69 Å². The van der Waals surface area contributed by atoms with Crippen LogP contribution >= 0.6 is 0 Å². The number of hydrogen-bond donors (Lipinski definition) is 1. The predicted octanol–water partition coefficient (Wildman–Crippen LogP) is 1.82. The fraction of sp³-hybridized carbons (Fsp3) is 0.600. The lowest BCUT2D eigenvalue weighted by Gasteiger charge is -2.33. The van der Waals surface area contributed by atoms with Crippen molar-refractivity contribution in [1.82, 2.24) is 20.2 Å². The Kier molecular flexibility index (Phi) is 6.21. The van der Waals surface area contributed by atoms with Gasteiger partial charge in [0.1, 0.15) is 0 Å². The molecule has 146 valence electrons. The van der Waals surface area contributed by atoms with Crippen molar-refractivity contribution in [2.24, 2.45) is 0 Å². The molecule has 0 aliphatic heterocycles. The highest BCUT2D eigenvalue weighted by molar-refractivity contribution is 5.70. The Morgan fingerprint density at radius 2 is 2.04 bits per heavy atom. The van der Waals surface area contributed by atoms with E-state index < -0.39 is 0 Å². The number of nitrogens with zero attached hydrogens (tertiary/aromatic N) is 4. The lowest BCUT2D eigenvalue weighted by molar-refractivity contribution is -0.733. The molecular weight excluding hydrogens is 342 g/mol. The number of nitrogens with two attached hydrogens (primary N) is 1. The van der Waals surface area contributed by atoms with Gasteiger partial charge in [-0.3, -0.25) is 0 Å². The normalized spacial score (nSPS) is 16.3. The second kappa shape index (κ2) is 8.61. The van der Waals surface area contributed by atoms with Crippen LogP contribution in [0.25, 0.3) is 5.69 Å². The Morgan fingerprint density at radius 3 is 2.74 bits per heavy atom. The minimum absolute atomic E-state index is 0.188. The topological polar surface area (TPSA) is 86.5 Å². The molecular formula is C20H30N5O2+. The zero-order chi connectivity index (χ0) is 19.3. The fourth-order valence-electron chi connectivity index (χ4n) is 4.16. The molecule has 27 heavy (non-hydrogen) atoms. The van der Waals surface area contributed by atoms with Gasteiger partial charge in [-0.05, 0) is 54.7 Å². The summed E-state index contributed by atoms with van der Waals surface area (Å²) >= 11 is 0. The standard InChI is InChI=1S/C20H29N5O2/c1-4-16-11-9-10-15(3)18(16)25-19(22-23-24-25)20(12-7-6-8-13-20)21-14-17(26)27-5-2/h9-11,21H,4-8,12-14H2,1-3H3/p+1. The van der Waals surface area contributed by atoms with Crippen LogP contribution in [0.5, 0.6) is 0 Å². The van der Waals surface area contributed by atoms with E-state index in [9.17, 15) is 4.79 Å². The van der Waals surface area contributed by atoms with Crippen LogP contribution in [-0.4, -0.2) is 39.3 Å². The summed E-state index contributed by atoms with van der Waals surface area (Å²) in [4.78, 5) is 12.0. The number of hydrogen-bond acceptors (Lipinski definition) is 5. The minimum Gasteiger partial charge on any atom is -0.462 e. The summed E-state index contributed by atoms with van der Waals surface area (Å²) in [6.45, 7) is 6.76. The van der Waals surface area contributed by atoms with Crippen LogP contribution in [0, 0.1) is 6.92 Å². The third-order valence-corrected chi connectivity index (χ3v) is 5.54. The van der Waals surface area contributed by atoms with Crippen LogP contribution in [0.4, 0.5) is 0 Å². The van der Waals surface area contributed by atoms with Gasteiger partial charge in [-0.15, -0.1) is 5.10 Å². The molecule has 1 saturated carbocycles. The highest BCUT2D eigenvalue weighted by Gasteiger charge is 2.43. The minimum atomic E-state index is -0.290. The van der Waals surface area contributed by atoms with E-state index in [0.29, 0.717) is 6.61 Å². The first kappa shape index (κ1) is 19.5. The summed E-state index contributed by atoms with van der Waals surface area (Å²) in [5.41, 5.74) is 3.15. The second-order valence-electron chi connectivity index (χ2n) is 7.28. The molecule has 0 amide bonds. The monoisotopic (exact) mass is 372 g/mol. The molecule has 1 aromatic carbocycles. The van der Waals surface area contributed by atoms with Crippen LogP contribution < -0.4 is 5.32 Å². The number of carbonyl (C=O) groups excluding carboxylic acids is 1. The van der Waals surface area contributed by atoms with Gasteiger partial charge in [-0.2, -0.15) is 4.68 Å². The average molecular weight is 372 g/mol. The quantitative estimate of drug-likeness (QED) is 0.749. The molecule has 0 unspecified atom stereocenters. The van der Waals surface area contributed by atoms with E-state index >= 15 is 0 Å². The third-order valence-electron chi connectivity index (χ3n) is 5.54. The van der Waals surface area contributed by atoms with Crippen molar-refractivity contribution in [2.75, 3.05) is 13.2 Å². The maximum atomic E-state index is 12.0. The summed E-state index contributed by atoms with van der Waals surface area (Å²) in [5, 5.41) is 14.9. The van der Waals surface area contributed by atoms with E-state index in [-0.39, 0.29) is 18.1 Å². The first-order valence-electron chi connectivity index (χ1n) is 9.99. The van der Waals surface area contributed by atoms with Gasteiger partial charge in [-0.1, -0.05) is 31.5 Å². The smallest absolute Gasteiger partial charge is 0.361 e. The third kappa shape index (κ3) is 4.03. The number of rotatable bonds is 7. The molecule has 2 N–H and O–H groups in total. The van der Waals surface area contributed by atoms with Gasteiger partial charge in [0.05, 0.1) is 12.3 Å². The summed E-state index contributed by atoms with van der Waals surface area (Å²) in [6.07, 6.45) is 6.26. The van der Waals surface area contributed by atoms with E-state index in [2.05, 4.69) is 52.9 Å². The molecule has 3 rings (SSSR count). The maximum Gasteiger partial charge on any atom is 0.361 e. The second-order valence-corrected chi connectivity index (χ2v) is 7.28. The molecule has 1 heterocycles. The molecule has 2 aromatic rings. The molecule has 0 atom stereocenters. The maximum absolute atomic E-state index is 12.0. The molecule has 0 bridgehead atoms. The van der Waals surface area contributed by atoms with E-state index in [1.165, 1.54) is 12.0 Å². The van der Waals surface area contributed by atoms with Gasteiger partial charge in [0.25, 0.3) is 0 Å². The number of ether oxygens (including phenoxy) is 1. The number of esters is 1. The Morgan fingerprint density at radius 1 is 1.26 bits per heavy atom. The van der Waals surface area contributed by atoms with Gasteiger partial charge in [-0.25, -0.2) is 4.79 Å². The molecule has 0 spiro atoms. The van der Waals surface area contributed by atoms with Gasteiger partial charge in [0.2, 0.25) is 5.82 Å². The van der Waals surface area contributed by atoms with Crippen LogP contribution in [0.15, 0.2) is 18.2 Å². The first-order chi connectivity index (χ1) is 13.1. The average Bonchev–Trinajstić information content (AvgIpc) is 3.17. The van der Waals surface area contributed by atoms with E-state index in [1.54, 1.807) is 0 Å². The van der Waals surface area contributed by atoms with Crippen molar-refractivity contribution in [3.63, 3.8) is 0 Å². The molecule has 0 radical (unpaired) electrons. The summed E-state index contributed by atoms with van der Waals surface area (Å²) in [6, 6.07) is 6.30. The molecule has 7 heteroatoms. The number of quaternary nitrogens is 1. The number of benzene rings is 1. The van der Waals surface area contributed by atoms with Crippen LogP contribution in [0.3, 0.4) is 0 Å². The Bertz CT molecular complexity index is 780. The number of para-hydroxylation sites is 1. The van der Waals surface area contributed by atoms with Crippen molar-refractivity contribution in [3.05, 3.63) is 35.2 Å². The van der Waals surface area contributed by atoms with Crippen LogP contribution in [0.2, 0.25) is 0 Å². The van der Waals surface area contributed by atoms with E-state index in [0.717, 1.165) is 49.2 Å². The Hall–Kier alpha value is -2.28. The van der Waals surface area contributed by atoms with Crippen molar-refractivity contribution in [2.45, 2.75) is 64.8 Å². The number of aryl methyl sites for hydroxylation is 2. The van der Waals surface area contributed by atoms with Gasteiger partial charge in [0, 0.05) is 12.8 Å². The van der Waals surface area contributed by atoms with Crippen LogP contribution in [-0.2, 0) is 21.5 Å². The molecule has 0 saturated heterocycles. The van der Waals surface area contributed by atoms with E-state index in [1.807, 2.05) is 11.6 Å². The predicted molar refractivity (Wildman–Crippen MR) is 101 cm³/mol. The lowest BCUT2D eigenvalue weighted by atomic mass is 9.80. The Labute approximate surface area is 160 Å². The SMILES string of the molecule is CCOC(=O)C[NH2+]C1(c2nnnn2-c2c(C)cccc2CC)CCCCC1. The summed E-state index contributed by atoms with van der Waals surface area (Å²) in [5.74, 6) is 0.655. The van der Waals surface area contributed by atoms with Crippen molar-refractivity contribution >= 4 is 5.97 Å². The lowest BCUT2D eigenvalue weighted by Crippen LogP contribution is -2.96. The van der Waals surface area contributed by atoms with Crippen molar-refractivity contribution in [1.29, 1.82) is 0 Å². The fourth-order valence-corrected chi connectivity index (χ4v) is 4.16. The zero-order valence-corrected chi connectivity index (χ0v) is 16.6. The summed E-state index contributed by atoms with van der Waals surface area (Å²) < 4.78 is 7.04. The molecule has 1 aliphatic carbocycles. The number of tetrazole rings is 1. The van der Waals surface area contributed by atoms with Gasteiger partial charge < -0.3 is 10.1 Å². The van der Waals surface area contributed by atoms with Gasteiger partial charge >= 0.3 is 5.97 Å². The molecule has 7 nitrogen and oxygen atoms in total. The molecule has 1 fully saturated rings.